The monoisotopic (exact) mass is 430 g/mol. The zero-order chi connectivity index (χ0) is 22.1. The number of carbonyl (C=O) groups is 2. The first-order chi connectivity index (χ1) is 15.6. The molecule has 2 aliphatic heterocycles. The lowest BCUT2D eigenvalue weighted by Gasteiger charge is -2.36. The first-order valence-corrected chi connectivity index (χ1v) is 11.0. The van der Waals surface area contributed by atoms with E-state index in [1.165, 1.54) is 0 Å². The van der Waals surface area contributed by atoms with E-state index in [1.54, 1.807) is 12.0 Å². The maximum atomic E-state index is 13.1. The number of amides is 2. The summed E-state index contributed by atoms with van der Waals surface area (Å²) in [5.41, 5.74) is 1.78. The van der Waals surface area contributed by atoms with Gasteiger partial charge in [-0.05, 0) is 42.5 Å². The van der Waals surface area contributed by atoms with E-state index < -0.39 is 0 Å². The molecule has 3 heterocycles. The molecule has 2 aliphatic rings. The van der Waals surface area contributed by atoms with E-state index in [1.807, 2.05) is 53.4 Å². The van der Waals surface area contributed by atoms with Crippen LogP contribution < -0.4 is 14.5 Å². The van der Waals surface area contributed by atoms with Crippen molar-refractivity contribution in [3.05, 3.63) is 60.7 Å². The van der Waals surface area contributed by atoms with E-state index in [4.69, 9.17) is 9.72 Å². The predicted molar refractivity (Wildman–Crippen MR) is 124 cm³/mol. The Morgan fingerprint density at radius 1 is 0.969 bits per heavy atom. The molecule has 1 atom stereocenters. The summed E-state index contributed by atoms with van der Waals surface area (Å²) in [6, 6.07) is 19.6. The number of hydrogen-bond donors (Lipinski definition) is 0. The van der Waals surface area contributed by atoms with Crippen LogP contribution in [0.5, 0.6) is 5.75 Å². The molecule has 0 bridgehead atoms. The Bertz CT molecular complexity index is 1140. The van der Waals surface area contributed by atoms with E-state index in [0.717, 1.165) is 41.2 Å². The molecular weight excluding hydrogens is 404 g/mol. The molecular formula is C25H26N4O3. The van der Waals surface area contributed by atoms with Gasteiger partial charge in [-0.25, -0.2) is 4.98 Å². The molecule has 2 fully saturated rings. The number of methoxy groups -OCH3 is 1. The smallest absolute Gasteiger partial charge is 0.228 e. The molecule has 0 radical (unpaired) electrons. The summed E-state index contributed by atoms with van der Waals surface area (Å²) in [6.07, 6.45) is 0.261. The van der Waals surface area contributed by atoms with Gasteiger partial charge in [0, 0.05) is 50.2 Å². The number of para-hydroxylation sites is 1. The summed E-state index contributed by atoms with van der Waals surface area (Å²) in [4.78, 5) is 36.3. The molecule has 164 valence electrons. The molecule has 0 aliphatic carbocycles. The zero-order valence-electron chi connectivity index (χ0n) is 18.1. The van der Waals surface area contributed by atoms with Crippen molar-refractivity contribution < 1.29 is 14.3 Å². The maximum Gasteiger partial charge on any atom is 0.228 e. The summed E-state index contributed by atoms with van der Waals surface area (Å²) in [6.45, 7) is 3.18. The number of anilines is 2. The number of aromatic nitrogens is 1. The molecule has 7 nitrogen and oxygen atoms in total. The summed E-state index contributed by atoms with van der Waals surface area (Å²) in [5, 5.41) is 1.12. The van der Waals surface area contributed by atoms with Gasteiger partial charge >= 0.3 is 0 Å². The number of hydrogen-bond acceptors (Lipinski definition) is 5. The fourth-order valence-electron chi connectivity index (χ4n) is 4.53. The van der Waals surface area contributed by atoms with Crippen molar-refractivity contribution in [3.8, 4) is 5.75 Å². The molecule has 2 aromatic carbocycles. The van der Waals surface area contributed by atoms with Crippen molar-refractivity contribution in [1.29, 1.82) is 0 Å². The van der Waals surface area contributed by atoms with Crippen LogP contribution in [0, 0.1) is 5.92 Å². The minimum Gasteiger partial charge on any atom is -0.497 e. The van der Waals surface area contributed by atoms with Crippen LogP contribution in [0.15, 0.2) is 60.7 Å². The Morgan fingerprint density at radius 3 is 2.47 bits per heavy atom. The number of nitrogens with zero attached hydrogens (tertiary/aromatic N) is 4. The van der Waals surface area contributed by atoms with Crippen molar-refractivity contribution >= 4 is 34.2 Å². The van der Waals surface area contributed by atoms with Crippen molar-refractivity contribution in [1.82, 2.24) is 9.88 Å². The third kappa shape index (κ3) is 3.86. The molecule has 0 saturated carbocycles. The second-order valence-electron chi connectivity index (χ2n) is 8.28. The van der Waals surface area contributed by atoms with Gasteiger partial charge in [0.15, 0.2) is 0 Å². The summed E-state index contributed by atoms with van der Waals surface area (Å²) in [5.74, 6) is 1.45. The van der Waals surface area contributed by atoms with Gasteiger partial charge in [-0.15, -0.1) is 0 Å². The first-order valence-electron chi connectivity index (χ1n) is 11.0. The van der Waals surface area contributed by atoms with E-state index in [0.29, 0.717) is 19.6 Å². The average molecular weight is 431 g/mol. The van der Waals surface area contributed by atoms with Gasteiger partial charge in [-0.3, -0.25) is 9.59 Å². The number of benzene rings is 2. The molecule has 3 aromatic rings. The summed E-state index contributed by atoms with van der Waals surface area (Å²) >= 11 is 0. The maximum absolute atomic E-state index is 13.1. The highest BCUT2D eigenvalue weighted by molar-refractivity contribution is 6.00. The molecule has 32 heavy (non-hydrogen) atoms. The fourth-order valence-corrected chi connectivity index (χ4v) is 4.53. The molecule has 0 N–H and O–H groups in total. The third-order valence-electron chi connectivity index (χ3n) is 6.36. The van der Waals surface area contributed by atoms with Crippen LogP contribution in [0.2, 0.25) is 0 Å². The van der Waals surface area contributed by atoms with Crippen LogP contribution in [0.4, 0.5) is 11.5 Å². The van der Waals surface area contributed by atoms with E-state index in [-0.39, 0.29) is 24.2 Å². The predicted octanol–water partition coefficient (Wildman–Crippen LogP) is 2.95. The lowest BCUT2D eigenvalue weighted by Crippen LogP contribution is -2.51. The number of ether oxygens (including phenoxy) is 1. The number of fused-ring (bicyclic) bond motifs is 1. The highest BCUT2D eigenvalue weighted by Gasteiger charge is 2.38. The lowest BCUT2D eigenvalue weighted by molar-refractivity contribution is -0.136. The Hall–Kier alpha value is -3.61. The molecule has 2 saturated heterocycles. The van der Waals surface area contributed by atoms with Crippen molar-refractivity contribution in [2.24, 2.45) is 5.92 Å². The summed E-state index contributed by atoms with van der Waals surface area (Å²) < 4.78 is 5.19. The van der Waals surface area contributed by atoms with E-state index in [2.05, 4.69) is 17.0 Å². The Labute approximate surface area is 187 Å². The highest BCUT2D eigenvalue weighted by atomic mass is 16.5. The Kier molecular flexibility index (Phi) is 5.39. The number of pyridine rings is 1. The van der Waals surface area contributed by atoms with Gasteiger partial charge in [0.2, 0.25) is 11.8 Å². The van der Waals surface area contributed by atoms with E-state index >= 15 is 0 Å². The van der Waals surface area contributed by atoms with Gasteiger partial charge in [0.25, 0.3) is 0 Å². The Morgan fingerprint density at radius 2 is 1.72 bits per heavy atom. The van der Waals surface area contributed by atoms with Crippen LogP contribution in [0.1, 0.15) is 6.42 Å². The lowest BCUT2D eigenvalue weighted by atomic mass is 10.1. The molecule has 0 spiro atoms. The quantitative estimate of drug-likeness (QED) is 0.637. The van der Waals surface area contributed by atoms with Gasteiger partial charge < -0.3 is 19.4 Å². The normalized spacial score (nSPS) is 19.0. The van der Waals surface area contributed by atoms with Gasteiger partial charge in [-0.1, -0.05) is 18.2 Å². The molecule has 1 aromatic heterocycles. The number of carbonyl (C=O) groups excluding carboxylic acids is 2. The standard InChI is InChI=1S/C25H26N4O3/c1-32-21-9-7-20(8-10-21)29-17-19(16-24(29)30)25(31)28-14-12-27(13-15-28)23-11-6-18-4-2-3-5-22(18)26-23/h2-11,19H,12-17H2,1H3. The van der Waals surface area contributed by atoms with Crippen molar-refractivity contribution in [3.63, 3.8) is 0 Å². The van der Waals surface area contributed by atoms with E-state index in [9.17, 15) is 9.59 Å². The SMILES string of the molecule is COc1ccc(N2CC(C(=O)N3CCN(c4ccc5ccccc5n4)CC3)CC2=O)cc1. The van der Waals surface area contributed by atoms with Crippen LogP contribution >= 0.6 is 0 Å². The van der Waals surface area contributed by atoms with Gasteiger partial charge in [0.1, 0.15) is 11.6 Å². The molecule has 2 amide bonds. The van der Waals surface area contributed by atoms with Crippen LogP contribution in [-0.2, 0) is 9.59 Å². The molecule has 7 heteroatoms. The topological polar surface area (TPSA) is 66.0 Å². The summed E-state index contributed by atoms with van der Waals surface area (Å²) in [7, 11) is 1.61. The minimum absolute atomic E-state index is 0.00693. The fraction of sp³-hybridized carbons (Fsp3) is 0.320. The second-order valence-corrected chi connectivity index (χ2v) is 8.28. The molecule has 5 rings (SSSR count). The zero-order valence-corrected chi connectivity index (χ0v) is 18.1. The first kappa shape index (κ1) is 20.3. The van der Waals surface area contributed by atoms with Crippen LogP contribution in [0.3, 0.4) is 0 Å². The van der Waals surface area contributed by atoms with Crippen molar-refractivity contribution in [2.45, 2.75) is 6.42 Å². The third-order valence-corrected chi connectivity index (χ3v) is 6.36. The second kappa shape index (κ2) is 8.49. The number of rotatable bonds is 4. The largest absolute Gasteiger partial charge is 0.497 e. The van der Waals surface area contributed by atoms with Gasteiger partial charge in [-0.2, -0.15) is 0 Å². The van der Waals surface area contributed by atoms with Crippen LogP contribution in [0.25, 0.3) is 10.9 Å². The Balaban J connectivity index is 1.21. The highest BCUT2D eigenvalue weighted by Crippen LogP contribution is 2.28. The van der Waals surface area contributed by atoms with Gasteiger partial charge in [0.05, 0.1) is 18.5 Å². The molecule has 1 unspecified atom stereocenters. The number of piperazine rings is 1. The minimum atomic E-state index is -0.296. The average Bonchev–Trinajstić information content (AvgIpc) is 3.25. The van der Waals surface area contributed by atoms with Crippen molar-refractivity contribution in [2.75, 3.05) is 49.6 Å². The van der Waals surface area contributed by atoms with Crippen LogP contribution in [-0.4, -0.2) is 61.5 Å².